The van der Waals surface area contributed by atoms with Gasteiger partial charge in [0.15, 0.2) is 0 Å². The molecule has 4 nitrogen and oxygen atoms in total. The van der Waals surface area contributed by atoms with Crippen LogP contribution in [0, 0.1) is 13.8 Å². The molecule has 12 heteroatoms. The molecule has 0 aliphatic heterocycles. The molecule has 0 saturated heterocycles. The maximum absolute atomic E-state index is 14.5. The van der Waals surface area contributed by atoms with Gasteiger partial charge in [-0.05, 0) is 56.0 Å². The number of carbonyl (C=O) groups is 1. The second-order valence-electron chi connectivity index (χ2n) is 8.33. The first-order valence-corrected chi connectivity index (χ1v) is 10.7. The predicted octanol–water partition coefficient (Wildman–Crippen LogP) is 6.51. The Bertz CT molecular complexity index is 1130. The number of carbonyl (C=O) groups excluding carboxylic acids is 1. The Labute approximate surface area is 201 Å². The average Bonchev–Trinajstić information content (AvgIpc) is 3.54. The van der Waals surface area contributed by atoms with E-state index in [1.54, 1.807) is 6.07 Å². The predicted molar refractivity (Wildman–Crippen MR) is 119 cm³/mol. The molecule has 1 saturated carbocycles. The van der Waals surface area contributed by atoms with Gasteiger partial charge in [0.05, 0.1) is 16.3 Å². The zero-order valence-corrected chi connectivity index (χ0v) is 19.2. The number of halogens is 8. The van der Waals surface area contributed by atoms with Gasteiger partial charge in [-0.25, -0.2) is 4.39 Å². The molecule has 1 amide bonds. The third kappa shape index (κ3) is 5.34. The van der Waals surface area contributed by atoms with Crippen LogP contribution in [0.2, 0.25) is 5.02 Å². The Morgan fingerprint density at radius 2 is 1.54 bits per heavy atom. The monoisotopic (exact) mass is 523 g/mol. The van der Waals surface area contributed by atoms with E-state index < -0.39 is 23.6 Å². The molecular weight excluding hydrogens is 503 g/mol. The Kier molecular flexibility index (Phi) is 7.05. The van der Waals surface area contributed by atoms with E-state index in [9.17, 15) is 35.5 Å². The highest BCUT2D eigenvalue weighted by molar-refractivity contribution is 6.34. The van der Waals surface area contributed by atoms with E-state index in [0.29, 0.717) is 17.8 Å². The summed E-state index contributed by atoms with van der Waals surface area (Å²) >= 11 is 6.09. The molecule has 0 atom stereocenters. The van der Waals surface area contributed by atoms with Gasteiger partial charge in [-0.15, -0.1) is 0 Å². The first-order valence-electron chi connectivity index (χ1n) is 10.3. The normalized spacial score (nSPS) is 15.2. The van der Waals surface area contributed by atoms with Gasteiger partial charge in [0, 0.05) is 29.1 Å². The van der Waals surface area contributed by atoms with E-state index in [0.717, 1.165) is 12.8 Å². The van der Waals surface area contributed by atoms with Gasteiger partial charge >= 0.3 is 18.0 Å². The minimum absolute atomic E-state index is 0.0334. The smallest absolute Gasteiger partial charge is 0.397 e. The lowest BCUT2D eigenvalue weighted by molar-refractivity contribution is -0.348. The van der Waals surface area contributed by atoms with Crippen molar-refractivity contribution in [3.05, 3.63) is 69.4 Å². The van der Waals surface area contributed by atoms with Crippen molar-refractivity contribution in [3.63, 3.8) is 0 Å². The van der Waals surface area contributed by atoms with Crippen molar-refractivity contribution in [2.24, 2.45) is 5.73 Å². The van der Waals surface area contributed by atoms with Gasteiger partial charge in [-0.1, -0.05) is 23.7 Å². The van der Waals surface area contributed by atoms with Gasteiger partial charge in [-0.2, -0.15) is 26.3 Å². The Morgan fingerprint density at radius 3 is 2.03 bits per heavy atom. The highest BCUT2D eigenvalue weighted by Gasteiger charge is 2.73. The number of alkyl halides is 7. The fraction of sp³-hybridized carbons (Fsp3) is 0.348. The number of hydrogen-bond donors (Lipinski definition) is 3. The molecule has 3 rings (SSSR count). The molecule has 2 aromatic carbocycles. The van der Waals surface area contributed by atoms with E-state index in [1.165, 1.54) is 32.2 Å². The molecule has 1 aliphatic carbocycles. The summed E-state index contributed by atoms with van der Waals surface area (Å²) in [5, 5.41) is 5.84. The lowest BCUT2D eigenvalue weighted by atomic mass is 9.88. The number of nitrogens with one attached hydrogen (secondary N) is 2. The van der Waals surface area contributed by atoms with Crippen LogP contribution in [0.3, 0.4) is 0 Å². The maximum atomic E-state index is 14.5. The first-order chi connectivity index (χ1) is 16.1. The highest BCUT2D eigenvalue weighted by Crippen LogP contribution is 2.53. The van der Waals surface area contributed by atoms with E-state index in [2.05, 4.69) is 10.6 Å². The van der Waals surface area contributed by atoms with E-state index >= 15 is 0 Å². The molecule has 0 aromatic heterocycles. The summed E-state index contributed by atoms with van der Waals surface area (Å²) in [6, 6.07) is 5.57. The van der Waals surface area contributed by atoms with Crippen molar-refractivity contribution < 1.29 is 35.5 Å². The van der Waals surface area contributed by atoms with Crippen LogP contribution in [0.4, 0.5) is 36.4 Å². The van der Waals surface area contributed by atoms with Gasteiger partial charge in [-0.3, -0.25) is 4.79 Å². The fourth-order valence-electron chi connectivity index (χ4n) is 3.62. The number of aryl methyl sites for hydroxylation is 2. The summed E-state index contributed by atoms with van der Waals surface area (Å²) in [5.41, 5.74) is -0.550. The zero-order valence-electron chi connectivity index (χ0n) is 18.5. The summed E-state index contributed by atoms with van der Waals surface area (Å²) < 4.78 is 93.2. The number of nitrogens with two attached hydrogens (primary N) is 1. The molecule has 190 valence electrons. The second kappa shape index (κ2) is 9.25. The van der Waals surface area contributed by atoms with Crippen molar-refractivity contribution in [1.82, 2.24) is 5.32 Å². The minimum Gasteiger partial charge on any atom is -0.397 e. The van der Waals surface area contributed by atoms with E-state index in [-0.39, 0.29) is 44.9 Å². The lowest BCUT2D eigenvalue weighted by Gasteiger charge is -2.31. The Hall–Kier alpha value is -2.95. The van der Waals surface area contributed by atoms with Crippen LogP contribution < -0.4 is 16.4 Å². The Morgan fingerprint density at radius 1 is 1.00 bits per heavy atom. The number of rotatable bonds is 6. The molecule has 1 fully saturated rings. The van der Waals surface area contributed by atoms with E-state index in [1.807, 2.05) is 0 Å². The summed E-state index contributed by atoms with van der Waals surface area (Å²) in [5.74, 6) is -0.357. The van der Waals surface area contributed by atoms with E-state index in [4.69, 9.17) is 17.3 Å². The van der Waals surface area contributed by atoms with Crippen LogP contribution in [-0.4, -0.2) is 24.3 Å². The summed E-state index contributed by atoms with van der Waals surface area (Å²) in [7, 11) is 0. The molecule has 0 heterocycles. The summed E-state index contributed by atoms with van der Waals surface area (Å²) in [4.78, 5) is 12.3. The van der Waals surface area contributed by atoms with Crippen LogP contribution in [0.1, 0.15) is 45.5 Å². The first kappa shape index (κ1) is 26.7. The third-order valence-corrected chi connectivity index (χ3v) is 5.85. The second-order valence-corrected chi connectivity index (χ2v) is 8.73. The maximum Gasteiger partial charge on any atom is 0.435 e. The van der Waals surface area contributed by atoms with Crippen LogP contribution >= 0.6 is 11.6 Å². The van der Waals surface area contributed by atoms with Gasteiger partial charge in [0.1, 0.15) is 0 Å². The van der Waals surface area contributed by atoms with Crippen LogP contribution in [-0.2, 0) is 5.67 Å². The molecule has 4 N–H and O–H groups in total. The summed E-state index contributed by atoms with van der Waals surface area (Å²) in [6.07, 6.45) is -9.41. The molecule has 0 radical (unpaired) electrons. The van der Waals surface area contributed by atoms with Gasteiger partial charge < -0.3 is 16.4 Å². The lowest BCUT2D eigenvalue weighted by Crippen LogP contribution is -2.50. The number of amides is 1. The van der Waals surface area contributed by atoms with Gasteiger partial charge in [0.25, 0.3) is 5.91 Å². The SMILES string of the molecule is Cc1cc(C(F)(C(F)(F)F)C(F)(F)F)cc(C)c1/C(N)=C/Nc1ccc(Cl)c(C(=O)NC2CC2)c1. The van der Waals surface area contributed by atoms with Crippen molar-refractivity contribution in [2.75, 3.05) is 5.32 Å². The molecule has 0 bridgehead atoms. The molecule has 35 heavy (non-hydrogen) atoms. The molecule has 0 unspecified atom stereocenters. The molecule has 1 aliphatic rings. The minimum atomic E-state index is -6.22. The van der Waals surface area contributed by atoms with Crippen molar-refractivity contribution >= 4 is 28.9 Å². The largest absolute Gasteiger partial charge is 0.435 e. The highest BCUT2D eigenvalue weighted by atomic mass is 35.5. The zero-order chi connectivity index (χ0) is 26.3. The molecular formula is C23H21ClF7N3O. The molecule has 2 aromatic rings. The number of hydrogen-bond acceptors (Lipinski definition) is 3. The van der Waals surface area contributed by atoms with Crippen molar-refractivity contribution in [1.29, 1.82) is 0 Å². The van der Waals surface area contributed by atoms with Gasteiger partial charge in [0.2, 0.25) is 0 Å². The standard InChI is InChI=1S/C23H21ClF7N3O/c1-11-7-13(21(25,22(26,27)28)23(29,30)31)8-12(2)19(11)18(32)10-33-15-5-6-17(24)16(9-15)20(35)34-14-3-4-14/h5-10,14,33H,3-4,32H2,1-2H3,(H,34,35)/b18-10-. The van der Waals surface area contributed by atoms with Crippen LogP contribution in [0.5, 0.6) is 0 Å². The van der Waals surface area contributed by atoms with Crippen molar-refractivity contribution in [3.8, 4) is 0 Å². The Balaban J connectivity index is 1.91. The summed E-state index contributed by atoms with van der Waals surface area (Å²) in [6.45, 7) is 2.45. The average molecular weight is 524 g/mol. The van der Waals surface area contributed by atoms with Crippen LogP contribution in [0.25, 0.3) is 5.70 Å². The third-order valence-electron chi connectivity index (χ3n) is 5.52. The molecule has 0 spiro atoms. The van der Waals surface area contributed by atoms with Crippen LogP contribution in [0.15, 0.2) is 36.5 Å². The quantitative estimate of drug-likeness (QED) is 0.378. The van der Waals surface area contributed by atoms with Crippen molar-refractivity contribution in [2.45, 2.75) is 50.8 Å². The number of anilines is 1. The topological polar surface area (TPSA) is 67.1 Å². The fourth-order valence-corrected chi connectivity index (χ4v) is 3.82. The number of benzene rings is 2.